The highest BCUT2D eigenvalue weighted by Gasteiger charge is 2.23. The van der Waals surface area contributed by atoms with Gasteiger partial charge in [0.05, 0.1) is 12.2 Å². The van der Waals surface area contributed by atoms with E-state index in [1.54, 1.807) is 0 Å². The van der Waals surface area contributed by atoms with Crippen molar-refractivity contribution in [2.24, 2.45) is 21.9 Å². The van der Waals surface area contributed by atoms with Crippen molar-refractivity contribution in [2.45, 2.75) is 25.9 Å². The van der Waals surface area contributed by atoms with Crippen molar-refractivity contribution >= 4 is 49.9 Å². The van der Waals surface area contributed by atoms with Gasteiger partial charge in [0.2, 0.25) is 11.0 Å². The van der Waals surface area contributed by atoms with Gasteiger partial charge in [0.25, 0.3) is 0 Å². The lowest BCUT2D eigenvalue weighted by atomic mass is 9.90. The molecule has 2 heterocycles. The first-order valence-corrected chi connectivity index (χ1v) is 11.2. The second-order valence-electron chi connectivity index (χ2n) is 7.69. The molecule has 8 heteroatoms. The van der Waals surface area contributed by atoms with E-state index in [4.69, 9.17) is 18.0 Å². The molecule has 0 radical (unpaired) electrons. The van der Waals surface area contributed by atoms with Gasteiger partial charge in [-0.05, 0) is 61.2 Å². The zero-order chi connectivity index (χ0) is 21.1. The van der Waals surface area contributed by atoms with Crippen molar-refractivity contribution in [1.29, 1.82) is 0 Å². The van der Waals surface area contributed by atoms with E-state index in [2.05, 4.69) is 61.4 Å². The molecule has 2 aromatic carbocycles. The lowest BCUT2D eigenvalue weighted by molar-refractivity contribution is 0.145. The number of rotatable bonds is 5. The Kier molecular flexibility index (Phi) is 6.46. The molecule has 4 rings (SSSR count). The van der Waals surface area contributed by atoms with Crippen molar-refractivity contribution in [2.75, 3.05) is 13.1 Å². The summed E-state index contributed by atoms with van der Waals surface area (Å²) in [5.74, 6) is 0.777. The van der Waals surface area contributed by atoms with Crippen LogP contribution >= 0.6 is 28.1 Å². The minimum Gasteiger partial charge on any atom is -0.493 e. The van der Waals surface area contributed by atoms with Crippen molar-refractivity contribution in [3.63, 3.8) is 0 Å². The van der Waals surface area contributed by atoms with Gasteiger partial charge in [0.1, 0.15) is 0 Å². The number of aromatic hydroxyl groups is 1. The zero-order valence-corrected chi connectivity index (χ0v) is 18.9. The third-order valence-corrected chi connectivity index (χ3v) is 6.21. The zero-order valence-electron chi connectivity index (χ0n) is 16.5. The van der Waals surface area contributed by atoms with E-state index in [0.717, 1.165) is 47.7 Å². The van der Waals surface area contributed by atoms with E-state index >= 15 is 0 Å². The summed E-state index contributed by atoms with van der Waals surface area (Å²) in [7, 11) is 0. The second-order valence-corrected chi connectivity index (χ2v) is 9.03. The SMILES string of the molecule is NC(=S)N=Nc1c(O)n(CN2CCC(Cc3ccccc3)CC2)c2ccc(Br)cc12. The van der Waals surface area contributed by atoms with E-state index in [1.807, 2.05) is 22.8 Å². The second kappa shape index (κ2) is 9.24. The first kappa shape index (κ1) is 21.0. The summed E-state index contributed by atoms with van der Waals surface area (Å²) in [6.45, 7) is 2.60. The number of benzene rings is 2. The molecule has 3 N–H and O–H groups in total. The van der Waals surface area contributed by atoms with Crippen LogP contribution in [0.25, 0.3) is 10.9 Å². The Morgan fingerprint density at radius 2 is 1.90 bits per heavy atom. The summed E-state index contributed by atoms with van der Waals surface area (Å²) in [5.41, 5.74) is 8.15. The summed E-state index contributed by atoms with van der Waals surface area (Å²) < 4.78 is 2.79. The highest BCUT2D eigenvalue weighted by Crippen LogP contribution is 2.40. The van der Waals surface area contributed by atoms with Gasteiger partial charge in [-0.2, -0.15) is 0 Å². The Labute approximate surface area is 189 Å². The Morgan fingerprint density at radius 1 is 1.17 bits per heavy atom. The number of hydrogen-bond acceptors (Lipinski definition) is 4. The van der Waals surface area contributed by atoms with Crippen LogP contribution in [0.15, 0.2) is 63.2 Å². The maximum absolute atomic E-state index is 10.9. The van der Waals surface area contributed by atoms with Crippen molar-refractivity contribution in [1.82, 2.24) is 9.47 Å². The molecule has 0 amide bonds. The predicted octanol–water partition coefficient (Wildman–Crippen LogP) is 5.35. The first-order chi connectivity index (χ1) is 14.5. The number of hydrogen-bond donors (Lipinski definition) is 2. The van der Waals surface area contributed by atoms with Crippen molar-refractivity contribution < 1.29 is 5.11 Å². The van der Waals surface area contributed by atoms with Crippen LogP contribution in [0, 0.1) is 5.92 Å². The Balaban J connectivity index is 1.50. The van der Waals surface area contributed by atoms with Gasteiger partial charge in [-0.15, -0.1) is 10.2 Å². The molecule has 0 spiro atoms. The average molecular weight is 486 g/mol. The summed E-state index contributed by atoms with van der Waals surface area (Å²) >= 11 is 8.28. The Bertz CT molecular complexity index is 1070. The summed E-state index contributed by atoms with van der Waals surface area (Å²) in [4.78, 5) is 2.37. The fourth-order valence-corrected chi connectivity index (χ4v) is 4.52. The molecule has 0 saturated carbocycles. The van der Waals surface area contributed by atoms with Crippen LogP contribution in [0.2, 0.25) is 0 Å². The quantitative estimate of drug-likeness (QED) is 0.377. The number of likely N-dealkylation sites (tertiary alicyclic amines) is 1. The minimum absolute atomic E-state index is 0.0641. The molecule has 6 nitrogen and oxygen atoms in total. The normalized spacial score (nSPS) is 15.9. The van der Waals surface area contributed by atoms with Crippen LogP contribution < -0.4 is 5.73 Å². The molecule has 1 saturated heterocycles. The Hall–Kier alpha value is -2.29. The third kappa shape index (κ3) is 4.71. The van der Waals surface area contributed by atoms with E-state index < -0.39 is 0 Å². The van der Waals surface area contributed by atoms with Crippen LogP contribution in [0.5, 0.6) is 5.88 Å². The number of aromatic nitrogens is 1. The molecule has 0 unspecified atom stereocenters. The minimum atomic E-state index is -0.0641. The van der Waals surface area contributed by atoms with Gasteiger partial charge in [0.15, 0.2) is 5.69 Å². The van der Waals surface area contributed by atoms with Gasteiger partial charge in [-0.3, -0.25) is 9.47 Å². The van der Waals surface area contributed by atoms with Gasteiger partial charge < -0.3 is 10.8 Å². The number of piperidine rings is 1. The lowest BCUT2D eigenvalue weighted by Crippen LogP contribution is -2.35. The summed E-state index contributed by atoms with van der Waals surface area (Å²) in [5, 5.41) is 19.5. The molecular formula is C22H24BrN5OS. The lowest BCUT2D eigenvalue weighted by Gasteiger charge is -2.32. The van der Waals surface area contributed by atoms with Crippen LogP contribution in [-0.4, -0.2) is 32.8 Å². The van der Waals surface area contributed by atoms with E-state index in [1.165, 1.54) is 5.56 Å². The number of nitrogens with two attached hydrogens (primary N) is 1. The number of halogens is 1. The molecule has 0 bridgehead atoms. The third-order valence-electron chi connectivity index (χ3n) is 5.64. The largest absolute Gasteiger partial charge is 0.493 e. The molecule has 0 atom stereocenters. The van der Waals surface area contributed by atoms with E-state index in [0.29, 0.717) is 18.3 Å². The summed E-state index contributed by atoms with van der Waals surface area (Å²) in [6, 6.07) is 16.5. The number of nitrogens with zero attached hydrogens (tertiary/aromatic N) is 4. The molecule has 1 aromatic heterocycles. The van der Waals surface area contributed by atoms with Gasteiger partial charge >= 0.3 is 0 Å². The monoisotopic (exact) mass is 485 g/mol. The number of azo groups is 1. The molecule has 1 aliphatic heterocycles. The van der Waals surface area contributed by atoms with Gasteiger partial charge in [-0.1, -0.05) is 46.3 Å². The van der Waals surface area contributed by atoms with Gasteiger partial charge in [0, 0.05) is 22.9 Å². The molecule has 1 aliphatic rings. The van der Waals surface area contributed by atoms with Crippen LogP contribution in [0.4, 0.5) is 5.69 Å². The maximum atomic E-state index is 10.9. The van der Waals surface area contributed by atoms with Crippen LogP contribution in [0.1, 0.15) is 18.4 Å². The first-order valence-electron chi connectivity index (χ1n) is 9.99. The van der Waals surface area contributed by atoms with Gasteiger partial charge in [-0.25, -0.2) is 0 Å². The van der Waals surface area contributed by atoms with Crippen molar-refractivity contribution in [3.05, 3.63) is 58.6 Å². The topological polar surface area (TPSA) is 79.1 Å². The van der Waals surface area contributed by atoms with Crippen molar-refractivity contribution in [3.8, 4) is 5.88 Å². The Morgan fingerprint density at radius 3 is 2.60 bits per heavy atom. The number of fused-ring (bicyclic) bond motifs is 1. The standard InChI is InChI=1S/C22H24BrN5OS/c23-17-6-7-19-18(13-17)20(25-26-22(24)30)21(29)28(19)14-27-10-8-16(9-11-27)12-15-4-2-1-3-5-15/h1-7,13,16,29H,8-12,14H2,(H2,24,30). The summed E-state index contributed by atoms with van der Waals surface area (Å²) in [6.07, 6.45) is 3.42. The fourth-order valence-electron chi connectivity index (χ4n) is 4.12. The van der Waals surface area contributed by atoms with E-state index in [-0.39, 0.29) is 11.0 Å². The highest BCUT2D eigenvalue weighted by atomic mass is 79.9. The maximum Gasteiger partial charge on any atom is 0.221 e. The fraction of sp³-hybridized carbons (Fsp3) is 0.318. The average Bonchev–Trinajstić information content (AvgIpc) is 2.99. The predicted molar refractivity (Wildman–Crippen MR) is 127 cm³/mol. The molecule has 3 aromatic rings. The van der Waals surface area contributed by atoms with Crippen LogP contribution in [-0.2, 0) is 13.1 Å². The molecule has 0 aliphatic carbocycles. The smallest absolute Gasteiger partial charge is 0.221 e. The molecule has 1 fully saturated rings. The highest BCUT2D eigenvalue weighted by molar-refractivity contribution is 9.10. The van der Waals surface area contributed by atoms with E-state index in [9.17, 15) is 5.11 Å². The number of thiocarbonyl (C=S) groups is 1. The molecule has 156 valence electrons. The van der Waals surface area contributed by atoms with Crippen LogP contribution in [0.3, 0.4) is 0 Å². The molecular weight excluding hydrogens is 462 g/mol. The molecule has 30 heavy (non-hydrogen) atoms.